The van der Waals surface area contributed by atoms with E-state index in [0.717, 1.165) is 0 Å². The van der Waals surface area contributed by atoms with Gasteiger partial charge in [-0.15, -0.1) is 0 Å². The SMILES string of the molecule is O=C(O)c1ccnc(-c2ccc(Cl)c(C(=O)O)c2)c1. The number of nitrogens with zero attached hydrogens (tertiary/aromatic N) is 1. The summed E-state index contributed by atoms with van der Waals surface area (Å²) in [4.78, 5) is 25.9. The highest BCUT2D eigenvalue weighted by atomic mass is 35.5. The smallest absolute Gasteiger partial charge is 0.337 e. The zero-order chi connectivity index (χ0) is 14.0. The monoisotopic (exact) mass is 277 g/mol. The predicted octanol–water partition coefficient (Wildman–Crippen LogP) is 2.80. The third-order valence-corrected chi connectivity index (χ3v) is 2.83. The molecule has 0 atom stereocenters. The van der Waals surface area contributed by atoms with Crippen LogP contribution in [0.4, 0.5) is 0 Å². The van der Waals surface area contributed by atoms with Crippen LogP contribution in [0.1, 0.15) is 20.7 Å². The first-order valence-electron chi connectivity index (χ1n) is 5.21. The van der Waals surface area contributed by atoms with Gasteiger partial charge in [-0.05, 0) is 24.3 Å². The topological polar surface area (TPSA) is 87.5 Å². The summed E-state index contributed by atoms with van der Waals surface area (Å²) in [7, 11) is 0. The number of hydrogen-bond acceptors (Lipinski definition) is 3. The van der Waals surface area contributed by atoms with Crippen LogP contribution in [0, 0.1) is 0 Å². The lowest BCUT2D eigenvalue weighted by atomic mass is 10.1. The molecule has 0 spiro atoms. The first-order valence-corrected chi connectivity index (χ1v) is 5.59. The lowest BCUT2D eigenvalue weighted by Gasteiger charge is -2.05. The number of carboxylic acid groups (broad SMARTS) is 2. The van der Waals surface area contributed by atoms with Gasteiger partial charge in [0.25, 0.3) is 0 Å². The largest absolute Gasteiger partial charge is 0.478 e. The average Bonchev–Trinajstić information content (AvgIpc) is 2.39. The molecule has 6 heteroatoms. The number of rotatable bonds is 3. The molecule has 0 aliphatic heterocycles. The second-order valence-corrected chi connectivity index (χ2v) is 4.14. The minimum Gasteiger partial charge on any atom is -0.478 e. The molecule has 0 unspecified atom stereocenters. The summed E-state index contributed by atoms with van der Waals surface area (Å²) in [5, 5.41) is 18.0. The molecule has 0 saturated heterocycles. The number of aromatic carboxylic acids is 2. The molecule has 2 N–H and O–H groups in total. The molecule has 5 nitrogen and oxygen atoms in total. The molecule has 0 amide bonds. The summed E-state index contributed by atoms with van der Waals surface area (Å²) in [5.41, 5.74) is 0.891. The maximum Gasteiger partial charge on any atom is 0.337 e. The zero-order valence-electron chi connectivity index (χ0n) is 9.50. The summed E-state index contributed by atoms with van der Waals surface area (Å²) >= 11 is 5.77. The predicted molar refractivity (Wildman–Crippen MR) is 68.6 cm³/mol. The molecule has 1 aromatic carbocycles. The lowest BCUT2D eigenvalue weighted by Crippen LogP contribution is -1.99. The van der Waals surface area contributed by atoms with E-state index < -0.39 is 11.9 Å². The Balaban J connectivity index is 2.53. The Kier molecular flexibility index (Phi) is 3.48. The van der Waals surface area contributed by atoms with Gasteiger partial charge in [-0.1, -0.05) is 17.7 Å². The number of carboxylic acids is 2. The van der Waals surface area contributed by atoms with Gasteiger partial charge in [0.15, 0.2) is 0 Å². The molecule has 0 saturated carbocycles. The highest BCUT2D eigenvalue weighted by molar-refractivity contribution is 6.33. The van der Waals surface area contributed by atoms with Crippen molar-refractivity contribution in [2.24, 2.45) is 0 Å². The molecule has 1 aromatic heterocycles. The molecule has 0 aliphatic carbocycles. The Bertz CT molecular complexity index is 669. The summed E-state index contributed by atoms with van der Waals surface area (Å²) in [6.45, 7) is 0. The van der Waals surface area contributed by atoms with Gasteiger partial charge in [0.05, 0.1) is 21.8 Å². The van der Waals surface area contributed by atoms with E-state index in [0.29, 0.717) is 11.3 Å². The van der Waals surface area contributed by atoms with E-state index in [1.54, 1.807) is 6.07 Å². The molecule has 0 bridgehead atoms. The standard InChI is InChI=1S/C13H8ClNO4/c14-10-2-1-7(5-9(10)13(18)19)11-6-8(12(16)17)3-4-15-11/h1-6H,(H,16,17)(H,18,19). The number of aromatic nitrogens is 1. The highest BCUT2D eigenvalue weighted by Crippen LogP contribution is 2.24. The van der Waals surface area contributed by atoms with E-state index in [1.165, 1.54) is 30.5 Å². The second-order valence-electron chi connectivity index (χ2n) is 3.73. The van der Waals surface area contributed by atoms with Crippen molar-refractivity contribution in [3.8, 4) is 11.3 Å². The lowest BCUT2D eigenvalue weighted by molar-refractivity contribution is 0.0686. The Labute approximate surface area is 113 Å². The van der Waals surface area contributed by atoms with E-state index in [2.05, 4.69) is 4.98 Å². The van der Waals surface area contributed by atoms with Crippen LogP contribution in [-0.4, -0.2) is 27.1 Å². The van der Waals surface area contributed by atoms with Crippen LogP contribution in [0.25, 0.3) is 11.3 Å². The van der Waals surface area contributed by atoms with Crippen molar-refractivity contribution in [1.29, 1.82) is 0 Å². The Hall–Kier alpha value is -2.40. The second kappa shape index (κ2) is 5.07. The van der Waals surface area contributed by atoms with Gasteiger partial charge < -0.3 is 10.2 Å². The maximum atomic E-state index is 11.0. The van der Waals surface area contributed by atoms with E-state index in [1.807, 2.05) is 0 Å². The van der Waals surface area contributed by atoms with E-state index >= 15 is 0 Å². The van der Waals surface area contributed by atoms with Crippen molar-refractivity contribution in [2.45, 2.75) is 0 Å². The van der Waals surface area contributed by atoms with Crippen molar-refractivity contribution in [1.82, 2.24) is 4.98 Å². The quantitative estimate of drug-likeness (QED) is 0.901. The molecular weight excluding hydrogens is 270 g/mol. The van der Waals surface area contributed by atoms with Crippen LogP contribution in [-0.2, 0) is 0 Å². The van der Waals surface area contributed by atoms with Gasteiger partial charge in [0, 0.05) is 11.8 Å². The van der Waals surface area contributed by atoms with Gasteiger partial charge in [-0.25, -0.2) is 9.59 Å². The molecule has 1 heterocycles. The molecule has 96 valence electrons. The number of benzene rings is 1. The van der Waals surface area contributed by atoms with Crippen LogP contribution in [0.15, 0.2) is 36.5 Å². The van der Waals surface area contributed by atoms with Crippen LogP contribution < -0.4 is 0 Å². The van der Waals surface area contributed by atoms with E-state index in [9.17, 15) is 9.59 Å². The first kappa shape index (κ1) is 13.0. The molecule has 0 fully saturated rings. The minimum absolute atomic E-state index is 0.0540. The Morgan fingerprint density at radius 1 is 1.05 bits per heavy atom. The Morgan fingerprint density at radius 3 is 2.42 bits per heavy atom. The van der Waals surface area contributed by atoms with Gasteiger partial charge in [-0.3, -0.25) is 4.98 Å². The Morgan fingerprint density at radius 2 is 1.79 bits per heavy atom. The molecule has 2 rings (SSSR count). The zero-order valence-corrected chi connectivity index (χ0v) is 10.3. The highest BCUT2D eigenvalue weighted by Gasteiger charge is 2.12. The van der Waals surface area contributed by atoms with Crippen molar-refractivity contribution in [2.75, 3.05) is 0 Å². The summed E-state index contributed by atoms with van der Waals surface area (Å²) in [5.74, 6) is -2.22. The molecule has 0 radical (unpaired) electrons. The van der Waals surface area contributed by atoms with E-state index in [-0.39, 0.29) is 16.1 Å². The normalized spacial score (nSPS) is 10.2. The van der Waals surface area contributed by atoms with Crippen LogP contribution in [0.5, 0.6) is 0 Å². The first-order chi connectivity index (χ1) is 8.99. The minimum atomic E-state index is -1.15. The molecule has 19 heavy (non-hydrogen) atoms. The average molecular weight is 278 g/mol. The van der Waals surface area contributed by atoms with Crippen molar-refractivity contribution in [3.05, 3.63) is 52.7 Å². The van der Waals surface area contributed by atoms with E-state index in [4.69, 9.17) is 21.8 Å². The van der Waals surface area contributed by atoms with Crippen molar-refractivity contribution in [3.63, 3.8) is 0 Å². The van der Waals surface area contributed by atoms with Gasteiger partial charge in [-0.2, -0.15) is 0 Å². The molecular formula is C13H8ClNO4. The number of pyridine rings is 1. The molecule has 0 aliphatic rings. The van der Waals surface area contributed by atoms with Crippen molar-refractivity contribution < 1.29 is 19.8 Å². The summed E-state index contributed by atoms with van der Waals surface area (Å²) in [6.07, 6.45) is 1.35. The van der Waals surface area contributed by atoms with Crippen LogP contribution in [0.3, 0.4) is 0 Å². The number of hydrogen-bond donors (Lipinski definition) is 2. The maximum absolute atomic E-state index is 11.0. The van der Waals surface area contributed by atoms with Crippen molar-refractivity contribution >= 4 is 23.5 Å². The van der Waals surface area contributed by atoms with Gasteiger partial charge >= 0.3 is 11.9 Å². The van der Waals surface area contributed by atoms with Crippen LogP contribution >= 0.6 is 11.6 Å². The fourth-order valence-corrected chi connectivity index (χ4v) is 1.77. The summed E-state index contributed by atoms with van der Waals surface area (Å²) in [6, 6.07) is 7.12. The van der Waals surface area contributed by atoms with Gasteiger partial charge in [0.2, 0.25) is 0 Å². The number of carbonyl (C=O) groups is 2. The fourth-order valence-electron chi connectivity index (χ4n) is 1.57. The third kappa shape index (κ3) is 2.71. The summed E-state index contributed by atoms with van der Waals surface area (Å²) < 4.78 is 0. The number of halogens is 1. The molecule has 2 aromatic rings. The van der Waals surface area contributed by atoms with Gasteiger partial charge in [0.1, 0.15) is 0 Å². The third-order valence-electron chi connectivity index (χ3n) is 2.50. The fraction of sp³-hybridized carbons (Fsp3) is 0. The van der Waals surface area contributed by atoms with Crippen LogP contribution in [0.2, 0.25) is 5.02 Å².